The number of nitrogens with zero attached hydrogens (tertiary/aromatic N) is 4. The molecule has 0 amide bonds. The summed E-state index contributed by atoms with van der Waals surface area (Å²) in [6, 6.07) is 11.6. The van der Waals surface area contributed by atoms with Crippen LogP contribution in [0, 0.1) is 17.2 Å². The lowest BCUT2D eigenvalue weighted by molar-refractivity contribution is 0.203. The van der Waals surface area contributed by atoms with Crippen molar-refractivity contribution < 1.29 is 4.74 Å². The minimum atomic E-state index is 0.152. The van der Waals surface area contributed by atoms with Crippen molar-refractivity contribution in [2.45, 2.75) is 38.2 Å². The van der Waals surface area contributed by atoms with Crippen LogP contribution in [0.25, 0.3) is 16.7 Å². The van der Waals surface area contributed by atoms with Gasteiger partial charge in [-0.3, -0.25) is 4.40 Å². The van der Waals surface area contributed by atoms with Gasteiger partial charge in [-0.2, -0.15) is 5.26 Å². The molecule has 0 spiro atoms. The van der Waals surface area contributed by atoms with E-state index in [0.717, 1.165) is 47.5 Å². The third kappa shape index (κ3) is 2.71. The molecule has 0 unspecified atom stereocenters. The molecule has 0 aliphatic heterocycles. The van der Waals surface area contributed by atoms with Crippen LogP contribution >= 0.6 is 0 Å². The summed E-state index contributed by atoms with van der Waals surface area (Å²) in [5.74, 6) is 2.79. The normalized spacial score (nSPS) is 21.9. The Morgan fingerprint density at radius 2 is 2.00 bits per heavy atom. The Morgan fingerprint density at radius 3 is 2.79 bits per heavy atom. The van der Waals surface area contributed by atoms with E-state index in [9.17, 15) is 0 Å². The number of H-pyrrole nitrogens is 1. The number of ether oxygens (including phenoxy) is 1. The van der Waals surface area contributed by atoms with Gasteiger partial charge in [0.05, 0.1) is 41.2 Å². The van der Waals surface area contributed by atoms with Gasteiger partial charge in [0.2, 0.25) is 0 Å². The molecule has 3 aromatic heterocycles. The molecule has 1 fully saturated rings. The van der Waals surface area contributed by atoms with Crippen LogP contribution in [0.1, 0.15) is 43.5 Å². The summed E-state index contributed by atoms with van der Waals surface area (Å²) in [5.41, 5.74) is 3.61. The molecule has 3 atom stereocenters. The van der Waals surface area contributed by atoms with Crippen molar-refractivity contribution in [3.63, 3.8) is 0 Å². The van der Waals surface area contributed by atoms with Crippen molar-refractivity contribution in [2.24, 2.45) is 5.92 Å². The van der Waals surface area contributed by atoms with Gasteiger partial charge in [-0.1, -0.05) is 13.3 Å². The van der Waals surface area contributed by atoms with Crippen molar-refractivity contribution >= 4 is 16.7 Å². The lowest BCUT2D eigenvalue weighted by Crippen LogP contribution is -2.12. The van der Waals surface area contributed by atoms with Crippen LogP contribution in [-0.4, -0.2) is 25.5 Å². The van der Waals surface area contributed by atoms with E-state index in [0.29, 0.717) is 17.4 Å². The lowest BCUT2D eigenvalue weighted by Gasteiger charge is -2.16. The number of rotatable bonds is 4. The summed E-state index contributed by atoms with van der Waals surface area (Å²) in [5, 5.41) is 8.96. The maximum Gasteiger partial charge on any atom is 0.154 e. The van der Waals surface area contributed by atoms with E-state index in [2.05, 4.69) is 33.4 Å². The van der Waals surface area contributed by atoms with Crippen LogP contribution in [0.3, 0.4) is 0 Å². The Hall–Kier alpha value is -3.33. The lowest BCUT2D eigenvalue weighted by atomic mass is 9.93. The highest BCUT2D eigenvalue weighted by molar-refractivity contribution is 5.75. The van der Waals surface area contributed by atoms with Crippen LogP contribution in [0.15, 0.2) is 48.9 Å². The predicted molar refractivity (Wildman–Crippen MR) is 106 cm³/mol. The van der Waals surface area contributed by atoms with Gasteiger partial charge in [0.1, 0.15) is 11.6 Å². The van der Waals surface area contributed by atoms with Crippen molar-refractivity contribution in [2.75, 3.05) is 0 Å². The zero-order valence-corrected chi connectivity index (χ0v) is 15.7. The first kappa shape index (κ1) is 16.8. The Kier molecular flexibility index (Phi) is 4.01. The fourth-order valence-corrected chi connectivity index (χ4v) is 4.50. The van der Waals surface area contributed by atoms with Crippen LogP contribution in [0.5, 0.6) is 5.75 Å². The smallest absolute Gasteiger partial charge is 0.154 e. The summed E-state index contributed by atoms with van der Waals surface area (Å²) in [7, 11) is 0. The van der Waals surface area contributed by atoms with E-state index >= 15 is 0 Å². The Balaban J connectivity index is 1.46. The molecule has 0 bridgehead atoms. The van der Waals surface area contributed by atoms with E-state index in [1.165, 1.54) is 0 Å². The number of nitrogens with one attached hydrogen (secondary N) is 1. The first-order chi connectivity index (χ1) is 13.8. The molecule has 5 rings (SSSR count). The Bertz CT molecular complexity index is 1170. The van der Waals surface area contributed by atoms with Gasteiger partial charge in [0.15, 0.2) is 5.65 Å². The fourth-order valence-electron chi connectivity index (χ4n) is 4.50. The highest BCUT2D eigenvalue weighted by Gasteiger charge is 2.38. The van der Waals surface area contributed by atoms with Crippen molar-refractivity contribution in [3.05, 3.63) is 60.3 Å². The summed E-state index contributed by atoms with van der Waals surface area (Å²) in [6.45, 7) is 2.24. The second kappa shape index (κ2) is 6.68. The highest BCUT2D eigenvalue weighted by Crippen LogP contribution is 2.43. The highest BCUT2D eigenvalue weighted by atomic mass is 16.5. The third-order valence-corrected chi connectivity index (χ3v) is 5.88. The van der Waals surface area contributed by atoms with Gasteiger partial charge in [-0.15, -0.1) is 0 Å². The number of aromatic nitrogens is 4. The van der Waals surface area contributed by atoms with Gasteiger partial charge < -0.3 is 9.72 Å². The Morgan fingerprint density at radius 1 is 1.18 bits per heavy atom. The monoisotopic (exact) mass is 371 g/mol. The number of aromatic amines is 1. The zero-order valence-electron chi connectivity index (χ0n) is 15.7. The quantitative estimate of drug-likeness (QED) is 0.575. The first-order valence-corrected chi connectivity index (χ1v) is 9.73. The molecule has 1 aliphatic carbocycles. The SMILES string of the molecule is CC[C@@H]1C[C@@H](Oc2ccc(C#N)cc2)C[C@@H]1c1ncc2cnc3[nH]ccc3n12. The van der Waals surface area contributed by atoms with Crippen molar-refractivity contribution in [1.29, 1.82) is 5.26 Å². The number of hydrogen-bond donors (Lipinski definition) is 1. The summed E-state index contributed by atoms with van der Waals surface area (Å²) < 4.78 is 8.49. The molecule has 1 aliphatic rings. The van der Waals surface area contributed by atoms with E-state index in [4.69, 9.17) is 15.0 Å². The van der Waals surface area contributed by atoms with Gasteiger partial charge >= 0.3 is 0 Å². The topological polar surface area (TPSA) is 79.0 Å². The van der Waals surface area contributed by atoms with Crippen molar-refractivity contribution in [1.82, 2.24) is 19.4 Å². The van der Waals surface area contributed by atoms with Gasteiger partial charge in [0.25, 0.3) is 0 Å². The number of imidazole rings is 1. The van der Waals surface area contributed by atoms with Crippen LogP contribution in [0.2, 0.25) is 0 Å². The molecule has 6 heteroatoms. The molecular weight excluding hydrogens is 350 g/mol. The maximum absolute atomic E-state index is 8.96. The number of benzene rings is 1. The molecule has 0 saturated heterocycles. The summed E-state index contributed by atoms with van der Waals surface area (Å²) in [4.78, 5) is 12.4. The molecule has 1 aromatic carbocycles. The van der Waals surface area contributed by atoms with Crippen LogP contribution in [-0.2, 0) is 0 Å². The van der Waals surface area contributed by atoms with E-state index in [1.807, 2.05) is 30.7 Å². The van der Waals surface area contributed by atoms with Crippen molar-refractivity contribution in [3.8, 4) is 11.8 Å². The largest absolute Gasteiger partial charge is 0.490 e. The number of fused-ring (bicyclic) bond motifs is 3. The molecule has 3 heterocycles. The maximum atomic E-state index is 8.96. The minimum Gasteiger partial charge on any atom is -0.490 e. The van der Waals surface area contributed by atoms with Gasteiger partial charge in [0, 0.05) is 12.1 Å². The average molecular weight is 371 g/mol. The average Bonchev–Trinajstić information content (AvgIpc) is 3.45. The fraction of sp³-hybridized carbons (Fsp3) is 0.318. The first-order valence-electron chi connectivity index (χ1n) is 9.73. The summed E-state index contributed by atoms with van der Waals surface area (Å²) in [6.07, 6.45) is 8.90. The van der Waals surface area contributed by atoms with Crippen LogP contribution in [0.4, 0.5) is 0 Å². The van der Waals surface area contributed by atoms with E-state index in [1.54, 1.807) is 12.1 Å². The third-order valence-electron chi connectivity index (χ3n) is 5.88. The van der Waals surface area contributed by atoms with Crippen LogP contribution < -0.4 is 4.74 Å². The molecule has 1 N–H and O–H groups in total. The Labute approximate surface area is 162 Å². The standard InChI is InChI=1S/C22H21N5O/c1-2-15-9-18(28-17-5-3-14(11-23)4-6-17)10-19(15)22-26-13-16-12-25-21-20(27(16)22)7-8-24-21/h3-8,12-13,15,18-19,24H,2,9-10H2,1H3/t15-,18-,19+/m1/s1. The molecule has 28 heavy (non-hydrogen) atoms. The molecule has 6 nitrogen and oxygen atoms in total. The predicted octanol–water partition coefficient (Wildman–Crippen LogP) is 4.43. The van der Waals surface area contributed by atoms with Gasteiger partial charge in [-0.05, 0) is 49.1 Å². The molecule has 140 valence electrons. The zero-order chi connectivity index (χ0) is 19.1. The van der Waals surface area contributed by atoms with E-state index < -0.39 is 0 Å². The molecule has 1 saturated carbocycles. The summed E-state index contributed by atoms with van der Waals surface area (Å²) >= 11 is 0. The second-order valence-electron chi connectivity index (χ2n) is 7.47. The number of hydrogen-bond acceptors (Lipinski definition) is 4. The molecule has 0 radical (unpaired) electrons. The minimum absolute atomic E-state index is 0.152. The molecule has 4 aromatic rings. The van der Waals surface area contributed by atoms with E-state index in [-0.39, 0.29) is 6.10 Å². The second-order valence-corrected chi connectivity index (χ2v) is 7.47. The van der Waals surface area contributed by atoms with Gasteiger partial charge in [-0.25, -0.2) is 9.97 Å². The number of nitriles is 1. The molecular formula is C22H21N5O.